The predicted octanol–water partition coefficient (Wildman–Crippen LogP) is 2.80. The van der Waals surface area contributed by atoms with Gasteiger partial charge in [0.15, 0.2) is 0 Å². The number of ether oxygens (including phenoxy) is 1. The third-order valence-electron chi connectivity index (χ3n) is 5.74. The zero-order valence-electron chi connectivity index (χ0n) is 14.7. The Hall–Kier alpha value is -1.79. The third kappa shape index (κ3) is 3.40. The summed E-state index contributed by atoms with van der Waals surface area (Å²) in [5.41, 5.74) is 0.704. The molecule has 1 aromatic carbocycles. The van der Waals surface area contributed by atoms with Crippen molar-refractivity contribution >= 4 is 29.2 Å². The van der Waals surface area contributed by atoms with Crippen molar-refractivity contribution in [3.05, 3.63) is 29.3 Å². The second kappa shape index (κ2) is 7.08. The maximum absolute atomic E-state index is 12.6. The number of halogens is 1. The van der Waals surface area contributed by atoms with E-state index in [2.05, 4.69) is 5.32 Å². The van der Waals surface area contributed by atoms with E-state index in [0.717, 1.165) is 32.3 Å². The van der Waals surface area contributed by atoms with Crippen molar-refractivity contribution in [1.29, 1.82) is 0 Å². The van der Waals surface area contributed by atoms with Crippen LogP contribution in [0.5, 0.6) is 0 Å². The molecule has 3 aliphatic heterocycles. The van der Waals surface area contributed by atoms with Crippen molar-refractivity contribution in [2.75, 3.05) is 31.1 Å². The molecule has 0 aliphatic carbocycles. The number of carbonyl (C=O) groups excluding carboxylic acids is 2. The molecule has 0 unspecified atom stereocenters. The lowest BCUT2D eigenvalue weighted by Crippen LogP contribution is -2.52. The number of benzene rings is 1. The van der Waals surface area contributed by atoms with Gasteiger partial charge in [0.05, 0.1) is 22.4 Å². The lowest BCUT2D eigenvalue weighted by atomic mass is 9.89. The average Bonchev–Trinajstić information content (AvgIpc) is 3.23. The van der Waals surface area contributed by atoms with Gasteiger partial charge in [-0.3, -0.25) is 4.79 Å². The quantitative estimate of drug-likeness (QED) is 0.862. The third-order valence-corrected chi connectivity index (χ3v) is 6.06. The van der Waals surface area contributed by atoms with Crippen LogP contribution in [0.25, 0.3) is 0 Å². The number of nitrogens with zero attached hydrogens (tertiary/aromatic N) is 2. The molecular weight excluding hydrogens is 354 g/mol. The van der Waals surface area contributed by atoms with E-state index in [1.54, 1.807) is 11.0 Å². The summed E-state index contributed by atoms with van der Waals surface area (Å²) in [4.78, 5) is 28.4. The zero-order valence-corrected chi connectivity index (χ0v) is 15.5. The van der Waals surface area contributed by atoms with Crippen molar-refractivity contribution in [2.45, 2.75) is 43.7 Å². The number of rotatable bonds is 2. The van der Waals surface area contributed by atoms with Crippen LogP contribution in [0.3, 0.4) is 0 Å². The lowest BCUT2D eigenvalue weighted by molar-refractivity contribution is -0.117. The Morgan fingerprint density at radius 1 is 1.23 bits per heavy atom. The van der Waals surface area contributed by atoms with Crippen LogP contribution in [0.15, 0.2) is 24.3 Å². The van der Waals surface area contributed by atoms with Gasteiger partial charge in [0.25, 0.3) is 0 Å². The summed E-state index contributed by atoms with van der Waals surface area (Å²) in [6.07, 6.45) is 4.32. The van der Waals surface area contributed by atoms with Crippen molar-refractivity contribution in [3.8, 4) is 0 Å². The maximum atomic E-state index is 12.6. The number of carbonyl (C=O) groups is 2. The SMILES string of the molecule is O=C(N[C@@H]1CC(=O)N(c2ccccc2Cl)C1)N1CCC2(CCCO2)CC1. The molecule has 4 rings (SSSR count). The first-order chi connectivity index (χ1) is 12.6. The minimum atomic E-state index is -0.190. The molecule has 140 valence electrons. The normalized spacial score (nSPS) is 25.1. The van der Waals surface area contributed by atoms with Gasteiger partial charge in [0.1, 0.15) is 0 Å². The van der Waals surface area contributed by atoms with Gasteiger partial charge < -0.3 is 19.9 Å². The number of nitrogens with one attached hydrogen (secondary N) is 1. The van der Waals surface area contributed by atoms with Gasteiger partial charge in [-0.15, -0.1) is 0 Å². The summed E-state index contributed by atoms with van der Waals surface area (Å²) in [6.45, 7) is 2.71. The Kier molecular flexibility index (Phi) is 4.80. The minimum Gasteiger partial charge on any atom is -0.375 e. The first kappa shape index (κ1) is 17.6. The molecule has 7 heteroatoms. The molecule has 3 fully saturated rings. The Labute approximate surface area is 158 Å². The van der Waals surface area contributed by atoms with Crippen LogP contribution in [0.4, 0.5) is 10.5 Å². The molecule has 3 saturated heterocycles. The van der Waals surface area contributed by atoms with E-state index in [1.807, 2.05) is 23.1 Å². The van der Waals surface area contributed by atoms with E-state index < -0.39 is 0 Å². The van der Waals surface area contributed by atoms with E-state index in [0.29, 0.717) is 36.8 Å². The van der Waals surface area contributed by atoms with Gasteiger partial charge in [-0.25, -0.2) is 4.79 Å². The van der Waals surface area contributed by atoms with Crippen molar-refractivity contribution in [3.63, 3.8) is 0 Å². The molecule has 1 spiro atoms. The van der Waals surface area contributed by atoms with E-state index in [9.17, 15) is 9.59 Å². The number of urea groups is 1. The predicted molar refractivity (Wildman–Crippen MR) is 99.5 cm³/mol. The van der Waals surface area contributed by atoms with Crippen molar-refractivity contribution in [2.24, 2.45) is 0 Å². The molecule has 1 atom stereocenters. The standard InChI is InChI=1S/C19H24ClN3O3/c20-15-4-1-2-5-16(15)23-13-14(12-17(23)24)21-18(25)22-9-7-19(8-10-22)6-3-11-26-19/h1-2,4-5,14H,3,6-13H2,(H,21,25)/t14-/m1/s1. The van der Waals surface area contributed by atoms with Gasteiger partial charge in [-0.2, -0.15) is 0 Å². The zero-order chi connectivity index (χ0) is 18.1. The van der Waals surface area contributed by atoms with E-state index in [4.69, 9.17) is 16.3 Å². The monoisotopic (exact) mass is 377 g/mol. The van der Waals surface area contributed by atoms with Crippen molar-refractivity contribution in [1.82, 2.24) is 10.2 Å². The Bertz CT molecular complexity index is 695. The molecule has 0 radical (unpaired) electrons. The van der Waals surface area contributed by atoms with Gasteiger partial charge in [-0.1, -0.05) is 23.7 Å². The van der Waals surface area contributed by atoms with Crippen LogP contribution < -0.4 is 10.2 Å². The fourth-order valence-electron chi connectivity index (χ4n) is 4.24. The molecular formula is C19H24ClN3O3. The van der Waals surface area contributed by atoms with Gasteiger partial charge in [-0.05, 0) is 37.8 Å². The fourth-order valence-corrected chi connectivity index (χ4v) is 4.48. The summed E-state index contributed by atoms with van der Waals surface area (Å²) in [6, 6.07) is 7.01. The van der Waals surface area contributed by atoms with Crippen LogP contribution >= 0.6 is 11.6 Å². The topological polar surface area (TPSA) is 61.9 Å². The highest BCUT2D eigenvalue weighted by molar-refractivity contribution is 6.33. The molecule has 0 aromatic heterocycles. The number of amides is 3. The number of hydrogen-bond donors (Lipinski definition) is 1. The highest BCUT2D eigenvalue weighted by Crippen LogP contribution is 2.35. The maximum Gasteiger partial charge on any atom is 0.317 e. The van der Waals surface area contributed by atoms with Crippen LogP contribution in [-0.4, -0.2) is 54.7 Å². The molecule has 1 aromatic rings. The van der Waals surface area contributed by atoms with Gasteiger partial charge >= 0.3 is 6.03 Å². The number of piperidine rings is 1. The van der Waals surface area contributed by atoms with Gasteiger partial charge in [0, 0.05) is 32.7 Å². The molecule has 0 bridgehead atoms. The van der Waals surface area contributed by atoms with E-state index >= 15 is 0 Å². The molecule has 3 amide bonds. The molecule has 3 heterocycles. The number of anilines is 1. The molecule has 6 nitrogen and oxygen atoms in total. The first-order valence-electron chi connectivity index (χ1n) is 9.31. The molecule has 1 N–H and O–H groups in total. The van der Waals surface area contributed by atoms with Crippen LogP contribution in [0.1, 0.15) is 32.1 Å². The van der Waals surface area contributed by atoms with Crippen molar-refractivity contribution < 1.29 is 14.3 Å². The average molecular weight is 378 g/mol. The summed E-state index contributed by atoms with van der Waals surface area (Å²) >= 11 is 6.20. The summed E-state index contributed by atoms with van der Waals surface area (Å²) < 4.78 is 5.91. The van der Waals surface area contributed by atoms with Crippen LogP contribution in [0, 0.1) is 0 Å². The van der Waals surface area contributed by atoms with Crippen LogP contribution in [-0.2, 0) is 9.53 Å². The highest BCUT2D eigenvalue weighted by atomic mass is 35.5. The smallest absolute Gasteiger partial charge is 0.317 e. The van der Waals surface area contributed by atoms with Gasteiger partial charge in [0.2, 0.25) is 5.91 Å². The number of likely N-dealkylation sites (tertiary alicyclic amines) is 1. The highest BCUT2D eigenvalue weighted by Gasteiger charge is 2.40. The number of hydrogen-bond acceptors (Lipinski definition) is 3. The Morgan fingerprint density at radius 2 is 2.00 bits per heavy atom. The Morgan fingerprint density at radius 3 is 2.69 bits per heavy atom. The Balaban J connectivity index is 1.33. The summed E-state index contributed by atoms with van der Waals surface area (Å²) in [7, 11) is 0. The minimum absolute atomic E-state index is 0.000954. The molecule has 26 heavy (non-hydrogen) atoms. The second-order valence-electron chi connectivity index (χ2n) is 7.43. The largest absolute Gasteiger partial charge is 0.375 e. The molecule has 3 aliphatic rings. The fraction of sp³-hybridized carbons (Fsp3) is 0.579. The summed E-state index contributed by atoms with van der Waals surface area (Å²) in [5, 5.41) is 3.56. The number of para-hydroxylation sites is 1. The van der Waals surface area contributed by atoms with E-state index in [-0.39, 0.29) is 23.6 Å². The van der Waals surface area contributed by atoms with E-state index in [1.165, 1.54) is 0 Å². The van der Waals surface area contributed by atoms with Crippen LogP contribution in [0.2, 0.25) is 5.02 Å². The lowest BCUT2D eigenvalue weighted by Gasteiger charge is -2.38. The molecule has 0 saturated carbocycles. The summed E-state index contributed by atoms with van der Waals surface area (Å²) in [5.74, 6) is -0.0136. The first-order valence-corrected chi connectivity index (χ1v) is 9.68. The second-order valence-corrected chi connectivity index (χ2v) is 7.84.